The Labute approximate surface area is 181 Å². The summed E-state index contributed by atoms with van der Waals surface area (Å²) in [6, 6.07) is 8.78. The monoisotopic (exact) mass is 414 g/mol. The number of piperazine rings is 1. The smallest absolute Gasteiger partial charge is 0.244 e. The van der Waals surface area contributed by atoms with E-state index in [1.165, 1.54) is 11.3 Å². The van der Waals surface area contributed by atoms with Crippen molar-refractivity contribution in [2.45, 2.75) is 33.1 Å². The zero-order valence-corrected chi connectivity index (χ0v) is 18.7. The van der Waals surface area contributed by atoms with E-state index >= 15 is 0 Å². The number of benzene rings is 1. The number of hydrogen-bond acceptors (Lipinski definition) is 4. The number of hydrogen-bond donors (Lipinski definition) is 2. The van der Waals surface area contributed by atoms with Crippen LogP contribution >= 0.6 is 0 Å². The maximum Gasteiger partial charge on any atom is 0.244 e. The van der Waals surface area contributed by atoms with Crippen LogP contribution in [0.2, 0.25) is 0 Å². The number of guanidine groups is 1. The molecular weight excluding hydrogens is 376 g/mol. The third-order valence-corrected chi connectivity index (χ3v) is 5.86. The van der Waals surface area contributed by atoms with E-state index in [1.54, 1.807) is 0 Å². The van der Waals surface area contributed by atoms with Crippen LogP contribution < -0.4 is 15.5 Å². The summed E-state index contributed by atoms with van der Waals surface area (Å²) in [5.41, 5.74) is 2.66. The number of nitrogens with zero attached hydrogens (tertiary/aromatic N) is 4. The Bertz CT molecular complexity index is 693. The zero-order chi connectivity index (χ0) is 21.2. The van der Waals surface area contributed by atoms with Crippen LogP contribution in [0.3, 0.4) is 0 Å². The molecule has 2 heterocycles. The van der Waals surface area contributed by atoms with Crippen LogP contribution in [0.25, 0.3) is 0 Å². The van der Waals surface area contributed by atoms with Crippen LogP contribution in [0.1, 0.15) is 31.7 Å². The molecule has 2 N–H and O–H groups in total. The van der Waals surface area contributed by atoms with E-state index in [0.717, 1.165) is 84.1 Å². The van der Waals surface area contributed by atoms with Gasteiger partial charge in [0.25, 0.3) is 0 Å². The highest BCUT2D eigenvalue weighted by atomic mass is 16.2. The number of amides is 1. The quantitative estimate of drug-likeness (QED) is 0.385. The minimum atomic E-state index is 0.135. The van der Waals surface area contributed by atoms with Crippen LogP contribution in [0.15, 0.2) is 29.3 Å². The van der Waals surface area contributed by atoms with Crippen LogP contribution in [-0.2, 0) is 4.79 Å². The highest BCUT2D eigenvalue weighted by Gasteiger charge is 2.18. The zero-order valence-electron chi connectivity index (χ0n) is 18.7. The van der Waals surface area contributed by atoms with Crippen molar-refractivity contribution in [1.82, 2.24) is 20.4 Å². The van der Waals surface area contributed by atoms with Crippen molar-refractivity contribution in [2.75, 3.05) is 70.3 Å². The van der Waals surface area contributed by atoms with Gasteiger partial charge in [0.05, 0.1) is 0 Å². The molecule has 0 unspecified atom stereocenters. The molecule has 2 aliphatic heterocycles. The molecule has 166 valence electrons. The first-order valence-electron chi connectivity index (χ1n) is 11.5. The predicted octanol–water partition coefficient (Wildman–Crippen LogP) is 1.68. The van der Waals surface area contributed by atoms with Gasteiger partial charge in [-0.05, 0) is 57.4 Å². The molecule has 1 aromatic carbocycles. The van der Waals surface area contributed by atoms with Crippen LogP contribution in [0.4, 0.5) is 5.69 Å². The Balaban J connectivity index is 1.34. The first-order chi connectivity index (χ1) is 14.7. The number of aliphatic imine (C=N–C) groups is 1. The van der Waals surface area contributed by atoms with E-state index in [1.807, 2.05) is 11.8 Å². The standard InChI is InChI=1S/C23H38N6O/c1-3-24-23(26-19-22(30)29-12-4-5-13-29)25-10-7-11-27-14-16-28(17-15-27)21-9-6-8-20(2)18-21/h6,8-9,18H,3-5,7,10-17,19H2,1-2H3,(H2,24,25,26). The highest BCUT2D eigenvalue weighted by molar-refractivity contribution is 5.85. The first-order valence-corrected chi connectivity index (χ1v) is 11.5. The van der Waals surface area contributed by atoms with Gasteiger partial charge in [-0.25, -0.2) is 4.99 Å². The highest BCUT2D eigenvalue weighted by Crippen LogP contribution is 2.17. The van der Waals surface area contributed by atoms with Crippen molar-refractivity contribution < 1.29 is 4.79 Å². The largest absolute Gasteiger partial charge is 0.369 e. The number of anilines is 1. The van der Waals surface area contributed by atoms with Gasteiger partial charge in [0.2, 0.25) is 5.91 Å². The fraction of sp³-hybridized carbons (Fsp3) is 0.652. The van der Waals surface area contributed by atoms with Crippen molar-refractivity contribution in [3.8, 4) is 0 Å². The molecular formula is C23H38N6O. The van der Waals surface area contributed by atoms with E-state index in [4.69, 9.17) is 0 Å². The molecule has 0 radical (unpaired) electrons. The second-order valence-corrected chi connectivity index (χ2v) is 8.23. The number of aryl methyl sites for hydroxylation is 1. The maximum atomic E-state index is 12.2. The molecule has 2 aliphatic rings. The van der Waals surface area contributed by atoms with E-state index in [-0.39, 0.29) is 12.5 Å². The fourth-order valence-corrected chi connectivity index (χ4v) is 4.12. The molecule has 2 fully saturated rings. The third-order valence-electron chi connectivity index (χ3n) is 5.86. The van der Waals surface area contributed by atoms with Crippen molar-refractivity contribution in [3.05, 3.63) is 29.8 Å². The second-order valence-electron chi connectivity index (χ2n) is 8.23. The molecule has 1 amide bonds. The minimum Gasteiger partial charge on any atom is -0.369 e. The molecule has 2 saturated heterocycles. The fourth-order valence-electron chi connectivity index (χ4n) is 4.12. The molecule has 0 atom stereocenters. The van der Waals surface area contributed by atoms with Gasteiger partial charge in [0.1, 0.15) is 6.54 Å². The topological polar surface area (TPSA) is 63.2 Å². The van der Waals surface area contributed by atoms with Gasteiger partial charge in [0, 0.05) is 58.0 Å². The Morgan fingerprint density at radius 3 is 2.53 bits per heavy atom. The lowest BCUT2D eigenvalue weighted by molar-refractivity contribution is -0.128. The Morgan fingerprint density at radius 1 is 1.07 bits per heavy atom. The Hall–Kier alpha value is -2.28. The summed E-state index contributed by atoms with van der Waals surface area (Å²) in [4.78, 5) is 23.6. The van der Waals surface area contributed by atoms with Gasteiger partial charge < -0.3 is 20.4 Å². The van der Waals surface area contributed by atoms with Crippen molar-refractivity contribution in [1.29, 1.82) is 0 Å². The Morgan fingerprint density at radius 2 is 1.83 bits per heavy atom. The van der Waals surface area contributed by atoms with Crippen molar-refractivity contribution >= 4 is 17.6 Å². The van der Waals surface area contributed by atoms with Crippen LogP contribution in [-0.4, -0.2) is 87.1 Å². The Kier molecular flexibility index (Phi) is 8.81. The number of carbonyl (C=O) groups excluding carboxylic acids is 1. The van der Waals surface area contributed by atoms with Gasteiger partial charge in [-0.3, -0.25) is 9.69 Å². The summed E-state index contributed by atoms with van der Waals surface area (Å²) in [7, 11) is 0. The molecule has 0 bridgehead atoms. The lowest BCUT2D eigenvalue weighted by Crippen LogP contribution is -2.47. The van der Waals surface area contributed by atoms with Crippen molar-refractivity contribution in [2.24, 2.45) is 4.99 Å². The molecule has 7 heteroatoms. The number of rotatable bonds is 8. The third kappa shape index (κ3) is 6.90. The molecule has 1 aromatic rings. The average molecular weight is 415 g/mol. The average Bonchev–Trinajstić information content (AvgIpc) is 3.30. The maximum absolute atomic E-state index is 12.2. The SMILES string of the molecule is CCNC(=NCC(=O)N1CCCC1)NCCCN1CCN(c2cccc(C)c2)CC1. The number of likely N-dealkylation sites (tertiary alicyclic amines) is 1. The minimum absolute atomic E-state index is 0.135. The van der Waals surface area contributed by atoms with Crippen LogP contribution in [0, 0.1) is 6.92 Å². The predicted molar refractivity (Wildman–Crippen MR) is 124 cm³/mol. The molecule has 0 aliphatic carbocycles. The summed E-state index contributed by atoms with van der Waals surface area (Å²) in [5.74, 6) is 0.880. The lowest BCUT2D eigenvalue weighted by Gasteiger charge is -2.36. The van der Waals surface area contributed by atoms with Gasteiger partial charge in [0.15, 0.2) is 5.96 Å². The van der Waals surface area contributed by atoms with Gasteiger partial charge in [-0.15, -0.1) is 0 Å². The van der Waals surface area contributed by atoms with Gasteiger partial charge in [-0.2, -0.15) is 0 Å². The van der Waals surface area contributed by atoms with E-state index in [0.29, 0.717) is 0 Å². The summed E-state index contributed by atoms with van der Waals surface area (Å²) < 4.78 is 0. The first kappa shape index (κ1) is 22.4. The lowest BCUT2D eigenvalue weighted by atomic mass is 10.2. The van der Waals surface area contributed by atoms with Gasteiger partial charge >= 0.3 is 0 Å². The molecule has 30 heavy (non-hydrogen) atoms. The number of nitrogens with one attached hydrogen (secondary N) is 2. The normalized spacial score (nSPS) is 18.0. The number of carbonyl (C=O) groups is 1. The summed E-state index contributed by atoms with van der Waals surface area (Å²) in [6.07, 6.45) is 3.30. The van der Waals surface area contributed by atoms with Crippen LogP contribution in [0.5, 0.6) is 0 Å². The second kappa shape index (κ2) is 11.8. The summed E-state index contributed by atoms with van der Waals surface area (Å²) >= 11 is 0. The molecule has 0 spiro atoms. The molecule has 0 saturated carbocycles. The van der Waals surface area contributed by atoms with Gasteiger partial charge in [-0.1, -0.05) is 12.1 Å². The summed E-state index contributed by atoms with van der Waals surface area (Å²) in [6.45, 7) is 13.3. The van der Waals surface area contributed by atoms with Crippen molar-refractivity contribution in [3.63, 3.8) is 0 Å². The summed E-state index contributed by atoms with van der Waals surface area (Å²) in [5, 5.41) is 6.62. The van der Waals surface area contributed by atoms with E-state index in [9.17, 15) is 4.79 Å². The molecule has 3 rings (SSSR count). The van der Waals surface area contributed by atoms with E-state index < -0.39 is 0 Å². The van der Waals surface area contributed by atoms with E-state index in [2.05, 4.69) is 56.6 Å². The molecule has 0 aromatic heterocycles. The molecule has 7 nitrogen and oxygen atoms in total.